The van der Waals surface area contributed by atoms with Crippen LogP contribution in [0.15, 0.2) is 24.5 Å². The number of benzene rings is 1. The van der Waals surface area contributed by atoms with Crippen LogP contribution in [0, 0.1) is 0 Å². The summed E-state index contributed by atoms with van der Waals surface area (Å²) in [5, 5.41) is 9.84. The lowest BCUT2D eigenvalue weighted by Gasteiger charge is -2.20. The molecule has 1 aromatic heterocycles. The highest BCUT2D eigenvalue weighted by molar-refractivity contribution is 5.96. The van der Waals surface area contributed by atoms with E-state index in [1.807, 2.05) is 0 Å². The maximum absolute atomic E-state index is 10.9. The molecule has 0 aliphatic carbocycles. The molecule has 0 radical (unpaired) electrons. The zero-order valence-electron chi connectivity index (χ0n) is 10.4. The summed E-state index contributed by atoms with van der Waals surface area (Å²) in [4.78, 5) is 21.5. The Hall–Kier alpha value is -2.17. The molecule has 0 spiro atoms. The van der Waals surface area contributed by atoms with E-state index in [-0.39, 0.29) is 5.56 Å². The zero-order chi connectivity index (χ0) is 13.1. The molecule has 0 saturated heterocycles. The summed E-state index contributed by atoms with van der Waals surface area (Å²) < 4.78 is 0. The van der Waals surface area contributed by atoms with E-state index < -0.39 is 5.97 Å². The van der Waals surface area contributed by atoms with Crippen LogP contribution in [-0.2, 0) is 0 Å². The number of carboxylic acid groups (broad SMARTS) is 1. The second-order valence-electron chi connectivity index (χ2n) is 3.91. The summed E-state index contributed by atoms with van der Waals surface area (Å²) in [5.74, 6) is -0.0955. The molecule has 0 saturated carbocycles. The monoisotopic (exact) mass is 245 g/mol. The molecule has 0 unspecified atom stereocenters. The minimum absolute atomic E-state index is 0.242. The lowest BCUT2D eigenvalue weighted by molar-refractivity contribution is 0.0697. The van der Waals surface area contributed by atoms with Gasteiger partial charge in [-0.1, -0.05) is 0 Å². The number of nitrogens with zero attached hydrogens (tertiary/aromatic N) is 3. The second-order valence-corrected chi connectivity index (χ2v) is 3.91. The Labute approximate surface area is 105 Å². The number of aromatic carboxylic acids is 1. The standard InChI is InChI=1S/C13H15N3O2/c1-3-16(4-2)12-10-6-5-9(13(17)18)7-11(10)14-8-15-12/h5-8H,3-4H2,1-2H3,(H,17,18). The molecule has 0 atom stereocenters. The molecule has 0 aliphatic rings. The Morgan fingerprint density at radius 1 is 1.28 bits per heavy atom. The zero-order valence-corrected chi connectivity index (χ0v) is 10.4. The molecule has 0 fully saturated rings. The topological polar surface area (TPSA) is 66.3 Å². The van der Waals surface area contributed by atoms with Crippen LogP contribution in [0.5, 0.6) is 0 Å². The quantitative estimate of drug-likeness (QED) is 0.894. The van der Waals surface area contributed by atoms with E-state index in [1.54, 1.807) is 18.2 Å². The third-order valence-corrected chi connectivity index (χ3v) is 2.93. The molecular weight excluding hydrogens is 230 g/mol. The van der Waals surface area contributed by atoms with Gasteiger partial charge in [-0.2, -0.15) is 0 Å². The van der Waals surface area contributed by atoms with Gasteiger partial charge in [0.15, 0.2) is 0 Å². The van der Waals surface area contributed by atoms with Crippen LogP contribution < -0.4 is 4.90 Å². The van der Waals surface area contributed by atoms with Gasteiger partial charge in [-0.3, -0.25) is 0 Å². The average molecular weight is 245 g/mol. The summed E-state index contributed by atoms with van der Waals surface area (Å²) in [5.41, 5.74) is 0.901. The maximum Gasteiger partial charge on any atom is 0.335 e. The Morgan fingerprint density at radius 3 is 2.61 bits per heavy atom. The summed E-state index contributed by atoms with van der Waals surface area (Å²) in [6.07, 6.45) is 1.47. The third kappa shape index (κ3) is 2.11. The summed E-state index contributed by atoms with van der Waals surface area (Å²) >= 11 is 0. The number of aromatic nitrogens is 2. The van der Waals surface area contributed by atoms with E-state index in [4.69, 9.17) is 5.11 Å². The number of anilines is 1. The fourth-order valence-electron chi connectivity index (χ4n) is 1.95. The van der Waals surface area contributed by atoms with Crippen molar-refractivity contribution in [2.45, 2.75) is 13.8 Å². The predicted molar refractivity (Wildman–Crippen MR) is 70.1 cm³/mol. The van der Waals surface area contributed by atoms with Crippen molar-refractivity contribution in [3.8, 4) is 0 Å². The summed E-state index contributed by atoms with van der Waals surface area (Å²) in [7, 11) is 0. The average Bonchev–Trinajstić information content (AvgIpc) is 2.39. The van der Waals surface area contributed by atoms with E-state index in [1.165, 1.54) is 6.33 Å². The van der Waals surface area contributed by atoms with E-state index in [2.05, 4.69) is 28.7 Å². The number of rotatable bonds is 4. The minimum Gasteiger partial charge on any atom is -0.478 e. The van der Waals surface area contributed by atoms with Crippen LogP contribution in [0.3, 0.4) is 0 Å². The van der Waals surface area contributed by atoms with E-state index in [9.17, 15) is 4.79 Å². The first-order chi connectivity index (χ1) is 8.67. The van der Waals surface area contributed by atoms with Gasteiger partial charge in [0.05, 0.1) is 11.1 Å². The fraction of sp³-hybridized carbons (Fsp3) is 0.308. The van der Waals surface area contributed by atoms with Crippen molar-refractivity contribution in [2.24, 2.45) is 0 Å². The van der Waals surface area contributed by atoms with Crippen LogP contribution in [0.4, 0.5) is 5.82 Å². The summed E-state index contributed by atoms with van der Waals surface area (Å²) in [6, 6.07) is 4.93. The lowest BCUT2D eigenvalue weighted by Crippen LogP contribution is -2.23. The van der Waals surface area contributed by atoms with Crippen molar-refractivity contribution in [3.05, 3.63) is 30.1 Å². The van der Waals surface area contributed by atoms with E-state index in [0.29, 0.717) is 5.52 Å². The van der Waals surface area contributed by atoms with Gasteiger partial charge in [0, 0.05) is 18.5 Å². The maximum atomic E-state index is 10.9. The van der Waals surface area contributed by atoms with Gasteiger partial charge in [-0.25, -0.2) is 14.8 Å². The first-order valence-corrected chi connectivity index (χ1v) is 5.90. The number of carbonyl (C=O) groups is 1. The second kappa shape index (κ2) is 5.00. The predicted octanol–water partition coefficient (Wildman–Crippen LogP) is 2.17. The van der Waals surface area contributed by atoms with Crippen LogP contribution in [0.2, 0.25) is 0 Å². The molecule has 5 heteroatoms. The largest absolute Gasteiger partial charge is 0.478 e. The van der Waals surface area contributed by atoms with Gasteiger partial charge in [0.25, 0.3) is 0 Å². The van der Waals surface area contributed by atoms with Gasteiger partial charge < -0.3 is 10.0 Å². The molecule has 1 N–H and O–H groups in total. The molecule has 94 valence electrons. The minimum atomic E-state index is -0.945. The molecule has 2 rings (SSSR count). The highest BCUT2D eigenvalue weighted by atomic mass is 16.4. The number of fused-ring (bicyclic) bond motifs is 1. The van der Waals surface area contributed by atoms with E-state index >= 15 is 0 Å². The molecule has 1 aromatic carbocycles. The molecule has 1 heterocycles. The first kappa shape index (κ1) is 12.3. The van der Waals surface area contributed by atoms with Crippen molar-refractivity contribution in [3.63, 3.8) is 0 Å². The van der Waals surface area contributed by atoms with E-state index in [0.717, 1.165) is 24.3 Å². The highest BCUT2D eigenvalue weighted by Crippen LogP contribution is 2.23. The molecule has 2 aromatic rings. The first-order valence-electron chi connectivity index (χ1n) is 5.90. The SMILES string of the molecule is CCN(CC)c1ncnc2cc(C(=O)O)ccc12. The molecular formula is C13H15N3O2. The highest BCUT2D eigenvalue weighted by Gasteiger charge is 2.11. The molecule has 0 bridgehead atoms. The molecule has 0 aliphatic heterocycles. The van der Waals surface area contributed by atoms with Gasteiger partial charge in [-0.15, -0.1) is 0 Å². The molecule has 18 heavy (non-hydrogen) atoms. The van der Waals surface area contributed by atoms with Gasteiger partial charge in [0.2, 0.25) is 0 Å². The van der Waals surface area contributed by atoms with Gasteiger partial charge >= 0.3 is 5.97 Å². The Morgan fingerprint density at radius 2 is 2.00 bits per heavy atom. The third-order valence-electron chi connectivity index (χ3n) is 2.93. The fourth-order valence-corrected chi connectivity index (χ4v) is 1.95. The van der Waals surface area contributed by atoms with Crippen molar-refractivity contribution >= 4 is 22.7 Å². The van der Waals surface area contributed by atoms with Crippen molar-refractivity contribution < 1.29 is 9.90 Å². The molecule has 5 nitrogen and oxygen atoms in total. The number of carboxylic acids is 1. The number of hydrogen-bond donors (Lipinski definition) is 1. The van der Waals surface area contributed by atoms with Crippen LogP contribution in [-0.4, -0.2) is 34.1 Å². The van der Waals surface area contributed by atoms with Crippen LogP contribution >= 0.6 is 0 Å². The lowest BCUT2D eigenvalue weighted by atomic mass is 10.1. The summed E-state index contributed by atoms with van der Waals surface area (Å²) in [6.45, 7) is 5.82. The van der Waals surface area contributed by atoms with Crippen LogP contribution in [0.1, 0.15) is 24.2 Å². The number of hydrogen-bond acceptors (Lipinski definition) is 4. The van der Waals surface area contributed by atoms with Crippen molar-refractivity contribution in [1.82, 2.24) is 9.97 Å². The molecule has 0 amide bonds. The van der Waals surface area contributed by atoms with Gasteiger partial charge in [0.1, 0.15) is 12.1 Å². The Bertz CT molecular complexity index is 579. The Balaban J connectivity index is 2.60. The normalized spacial score (nSPS) is 10.6. The Kier molecular flexibility index (Phi) is 3.41. The van der Waals surface area contributed by atoms with Crippen LogP contribution in [0.25, 0.3) is 10.9 Å². The van der Waals surface area contributed by atoms with Crippen molar-refractivity contribution in [1.29, 1.82) is 0 Å². The van der Waals surface area contributed by atoms with Crippen molar-refractivity contribution in [2.75, 3.05) is 18.0 Å². The van der Waals surface area contributed by atoms with Gasteiger partial charge in [-0.05, 0) is 32.0 Å². The smallest absolute Gasteiger partial charge is 0.335 e.